The topological polar surface area (TPSA) is 41.1 Å². The number of nitrogens with one attached hydrogen (secondary N) is 1. The van der Waals surface area contributed by atoms with E-state index in [-0.39, 0.29) is 0 Å². The van der Waals surface area contributed by atoms with Crippen molar-refractivity contribution in [3.05, 3.63) is 10.0 Å². The average Bonchev–Trinajstić information content (AvgIpc) is 2.79. The van der Waals surface area contributed by atoms with E-state index in [1.807, 2.05) is 0 Å². The molecule has 0 radical (unpaired) electrons. The lowest BCUT2D eigenvalue weighted by molar-refractivity contribution is 0.290. The third-order valence-corrected chi connectivity index (χ3v) is 3.61. The first-order chi connectivity index (χ1) is 7.25. The first kappa shape index (κ1) is 11.3. The molecule has 1 aliphatic heterocycles. The zero-order valence-electron chi connectivity index (χ0n) is 8.74. The highest BCUT2D eigenvalue weighted by Gasteiger charge is 2.17. The van der Waals surface area contributed by atoms with Gasteiger partial charge in [-0.3, -0.25) is 4.90 Å². The Bertz CT molecular complexity index is 311. The van der Waals surface area contributed by atoms with Gasteiger partial charge in [-0.25, -0.2) is 0 Å². The van der Waals surface area contributed by atoms with Crippen molar-refractivity contribution in [1.29, 1.82) is 0 Å². The van der Waals surface area contributed by atoms with E-state index in [1.54, 1.807) is 0 Å². The minimum Gasteiger partial charge on any atom is -0.313 e. The second kappa shape index (κ2) is 5.21. The molecule has 0 bridgehead atoms. The molecule has 2 rings (SSSR count). The Morgan fingerprint density at radius 1 is 1.67 bits per heavy atom. The average molecular weight is 247 g/mol. The second-order valence-electron chi connectivity index (χ2n) is 3.98. The summed E-state index contributed by atoms with van der Waals surface area (Å²) in [6.07, 6.45) is 2.56. The summed E-state index contributed by atoms with van der Waals surface area (Å²) >= 11 is 7.20. The van der Waals surface area contributed by atoms with E-state index in [0.717, 1.165) is 25.3 Å². The van der Waals surface area contributed by atoms with Crippen molar-refractivity contribution in [2.45, 2.75) is 25.4 Å². The molecule has 1 saturated heterocycles. The van der Waals surface area contributed by atoms with E-state index in [0.29, 0.717) is 10.4 Å². The lowest BCUT2D eigenvalue weighted by Crippen LogP contribution is -2.35. The molecule has 0 aromatic carbocycles. The number of likely N-dealkylation sites (N-methyl/N-ethyl adjacent to an activating group) is 1. The third-order valence-electron chi connectivity index (χ3n) is 2.62. The van der Waals surface area contributed by atoms with Crippen LogP contribution in [0.4, 0.5) is 0 Å². The van der Waals surface area contributed by atoms with Gasteiger partial charge in [0.05, 0.1) is 0 Å². The highest BCUT2D eigenvalue weighted by atomic mass is 35.5. The van der Waals surface area contributed by atoms with Gasteiger partial charge in [0, 0.05) is 30.7 Å². The molecule has 0 aliphatic carbocycles. The predicted molar refractivity (Wildman–Crippen MR) is 62.3 cm³/mol. The molecule has 1 unspecified atom stereocenters. The van der Waals surface area contributed by atoms with Crippen molar-refractivity contribution < 1.29 is 0 Å². The summed E-state index contributed by atoms with van der Waals surface area (Å²) in [6.45, 7) is 2.99. The standard InChI is InChI=1S/C9H15ClN4S/c1-14(5-7-3-2-4-11-7)6-8-9(10)15-13-12-8/h7,11H,2-6H2,1H3. The van der Waals surface area contributed by atoms with Crippen LogP contribution in [0.2, 0.25) is 4.34 Å². The number of hydrogen-bond donors (Lipinski definition) is 1. The van der Waals surface area contributed by atoms with Gasteiger partial charge in [0.15, 0.2) is 0 Å². The Balaban J connectivity index is 1.81. The van der Waals surface area contributed by atoms with Gasteiger partial charge in [-0.15, -0.1) is 5.10 Å². The number of aromatic nitrogens is 2. The molecule has 1 aromatic heterocycles. The van der Waals surface area contributed by atoms with Crippen LogP contribution in [-0.4, -0.2) is 40.7 Å². The van der Waals surface area contributed by atoms with Crippen LogP contribution < -0.4 is 5.32 Å². The summed E-state index contributed by atoms with van der Waals surface area (Å²) in [6, 6.07) is 0.625. The van der Waals surface area contributed by atoms with Crippen LogP contribution in [0.25, 0.3) is 0 Å². The van der Waals surface area contributed by atoms with E-state index >= 15 is 0 Å². The monoisotopic (exact) mass is 246 g/mol. The molecule has 0 amide bonds. The maximum Gasteiger partial charge on any atom is 0.138 e. The van der Waals surface area contributed by atoms with Gasteiger partial charge in [0.2, 0.25) is 0 Å². The number of halogens is 1. The van der Waals surface area contributed by atoms with Gasteiger partial charge in [-0.2, -0.15) is 0 Å². The number of rotatable bonds is 4. The summed E-state index contributed by atoms with van der Waals surface area (Å²) in [7, 11) is 2.09. The van der Waals surface area contributed by atoms with Crippen LogP contribution in [0.1, 0.15) is 18.5 Å². The van der Waals surface area contributed by atoms with Crippen LogP contribution in [0.5, 0.6) is 0 Å². The fourth-order valence-electron chi connectivity index (χ4n) is 1.90. The number of nitrogens with zero attached hydrogens (tertiary/aromatic N) is 3. The molecule has 1 aromatic rings. The first-order valence-corrected chi connectivity index (χ1v) is 6.29. The van der Waals surface area contributed by atoms with Gasteiger partial charge < -0.3 is 5.32 Å². The smallest absolute Gasteiger partial charge is 0.138 e. The Morgan fingerprint density at radius 2 is 2.53 bits per heavy atom. The number of hydrogen-bond acceptors (Lipinski definition) is 5. The van der Waals surface area contributed by atoms with Gasteiger partial charge in [0.25, 0.3) is 0 Å². The van der Waals surface area contributed by atoms with Crippen molar-refractivity contribution in [2.24, 2.45) is 0 Å². The molecule has 84 valence electrons. The summed E-state index contributed by atoms with van der Waals surface area (Å²) in [5.74, 6) is 0. The zero-order chi connectivity index (χ0) is 10.7. The maximum absolute atomic E-state index is 5.95. The van der Waals surface area contributed by atoms with Gasteiger partial charge >= 0.3 is 0 Å². The molecule has 4 nitrogen and oxygen atoms in total. The Morgan fingerprint density at radius 3 is 3.13 bits per heavy atom. The molecule has 0 saturated carbocycles. The summed E-state index contributed by atoms with van der Waals surface area (Å²) in [4.78, 5) is 2.24. The first-order valence-electron chi connectivity index (χ1n) is 5.14. The molecule has 1 atom stereocenters. The lowest BCUT2D eigenvalue weighted by Gasteiger charge is -2.19. The minimum absolute atomic E-state index is 0.625. The lowest BCUT2D eigenvalue weighted by atomic mass is 10.2. The SMILES string of the molecule is CN(Cc1nnsc1Cl)CC1CCCN1. The molecule has 0 spiro atoms. The molecule has 1 N–H and O–H groups in total. The van der Waals surface area contributed by atoms with Crippen molar-refractivity contribution in [2.75, 3.05) is 20.1 Å². The Kier molecular flexibility index (Phi) is 3.91. The van der Waals surface area contributed by atoms with Gasteiger partial charge in [0.1, 0.15) is 10.0 Å². The van der Waals surface area contributed by atoms with Crippen molar-refractivity contribution in [3.8, 4) is 0 Å². The van der Waals surface area contributed by atoms with E-state index in [2.05, 4.69) is 26.9 Å². The van der Waals surface area contributed by atoms with Crippen molar-refractivity contribution in [3.63, 3.8) is 0 Å². The van der Waals surface area contributed by atoms with Gasteiger partial charge in [-0.05, 0) is 26.4 Å². The molecule has 1 aliphatic rings. The Labute approximate surface area is 98.8 Å². The minimum atomic E-state index is 0.625. The highest BCUT2D eigenvalue weighted by Crippen LogP contribution is 2.18. The van der Waals surface area contributed by atoms with E-state index in [9.17, 15) is 0 Å². The zero-order valence-corrected chi connectivity index (χ0v) is 10.3. The largest absolute Gasteiger partial charge is 0.313 e. The molecule has 1 fully saturated rings. The molecular formula is C9H15ClN4S. The van der Waals surface area contributed by atoms with E-state index in [4.69, 9.17) is 11.6 Å². The predicted octanol–water partition coefficient (Wildman–Crippen LogP) is 1.38. The van der Waals surface area contributed by atoms with Crippen LogP contribution in [-0.2, 0) is 6.54 Å². The molecule has 15 heavy (non-hydrogen) atoms. The fraction of sp³-hybridized carbons (Fsp3) is 0.778. The van der Waals surface area contributed by atoms with E-state index in [1.165, 1.54) is 24.4 Å². The summed E-state index contributed by atoms with van der Waals surface area (Å²) in [5.41, 5.74) is 0.891. The van der Waals surface area contributed by atoms with Crippen LogP contribution in [0.15, 0.2) is 0 Å². The van der Waals surface area contributed by atoms with E-state index < -0.39 is 0 Å². The highest BCUT2D eigenvalue weighted by molar-refractivity contribution is 7.10. The second-order valence-corrected chi connectivity index (χ2v) is 5.34. The van der Waals surface area contributed by atoms with Crippen molar-refractivity contribution >= 4 is 23.1 Å². The van der Waals surface area contributed by atoms with Gasteiger partial charge in [-0.1, -0.05) is 16.1 Å². The van der Waals surface area contributed by atoms with Crippen molar-refractivity contribution in [1.82, 2.24) is 19.8 Å². The van der Waals surface area contributed by atoms with Crippen LogP contribution >= 0.6 is 23.1 Å². The molecule has 6 heteroatoms. The normalized spacial score (nSPS) is 21.4. The molecule has 2 heterocycles. The maximum atomic E-state index is 5.95. The quantitative estimate of drug-likeness (QED) is 0.872. The third kappa shape index (κ3) is 3.11. The Hall–Kier alpha value is -0.230. The fourth-order valence-corrected chi connectivity index (χ4v) is 2.51. The molecular weight excluding hydrogens is 232 g/mol. The van der Waals surface area contributed by atoms with Crippen LogP contribution in [0.3, 0.4) is 0 Å². The van der Waals surface area contributed by atoms with Crippen LogP contribution in [0, 0.1) is 0 Å². The summed E-state index contributed by atoms with van der Waals surface area (Å²) < 4.78 is 4.53. The summed E-state index contributed by atoms with van der Waals surface area (Å²) in [5, 5.41) is 7.48.